The molecule has 0 heterocycles. The molecule has 1 fully saturated rings. The summed E-state index contributed by atoms with van der Waals surface area (Å²) in [6.45, 7) is 7.01. The van der Waals surface area contributed by atoms with Crippen LogP contribution in [0.25, 0.3) is 0 Å². The van der Waals surface area contributed by atoms with Crippen molar-refractivity contribution < 1.29 is 4.79 Å². The summed E-state index contributed by atoms with van der Waals surface area (Å²) in [5.74, 6) is 0.842. The summed E-state index contributed by atoms with van der Waals surface area (Å²) in [4.78, 5) is 17.0. The van der Waals surface area contributed by atoms with Gasteiger partial charge in [-0.2, -0.15) is 0 Å². The number of carbonyl (C=O) groups excluding carboxylic acids is 1. The Kier molecular flexibility index (Phi) is 7.67. The molecule has 1 aliphatic rings. The van der Waals surface area contributed by atoms with Gasteiger partial charge < -0.3 is 15.1 Å². The van der Waals surface area contributed by atoms with E-state index in [0.29, 0.717) is 18.2 Å². The highest BCUT2D eigenvalue weighted by Crippen LogP contribution is 2.31. The van der Waals surface area contributed by atoms with Gasteiger partial charge in [-0.3, -0.25) is 4.79 Å². The van der Waals surface area contributed by atoms with E-state index >= 15 is 0 Å². The predicted molar refractivity (Wildman–Crippen MR) is 89.5 cm³/mol. The SMILES string of the molecule is CNC1(CC(=O)N(CCN(C)C)CC(C)C)CCCCC1. The van der Waals surface area contributed by atoms with Gasteiger partial charge in [0.1, 0.15) is 0 Å². The molecule has 1 saturated carbocycles. The van der Waals surface area contributed by atoms with Crippen molar-refractivity contribution in [2.24, 2.45) is 5.92 Å². The summed E-state index contributed by atoms with van der Waals surface area (Å²) in [6.07, 6.45) is 6.74. The molecule has 1 N–H and O–H groups in total. The van der Waals surface area contributed by atoms with Crippen molar-refractivity contribution in [3.8, 4) is 0 Å². The van der Waals surface area contributed by atoms with Gasteiger partial charge in [-0.05, 0) is 39.9 Å². The molecule has 4 nitrogen and oxygen atoms in total. The van der Waals surface area contributed by atoms with Crippen LogP contribution in [0.3, 0.4) is 0 Å². The van der Waals surface area contributed by atoms with Crippen LogP contribution in [-0.4, -0.2) is 62.0 Å². The van der Waals surface area contributed by atoms with E-state index in [1.54, 1.807) is 0 Å². The Morgan fingerprint density at radius 2 is 1.76 bits per heavy atom. The van der Waals surface area contributed by atoms with Gasteiger partial charge in [0.2, 0.25) is 5.91 Å². The number of likely N-dealkylation sites (N-methyl/N-ethyl adjacent to an activating group) is 1. The molecule has 21 heavy (non-hydrogen) atoms. The molecule has 0 aromatic carbocycles. The third-order valence-electron chi connectivity index (χ3n) is 4.59. The molecule has 1 aliphatic carbocycles. The quantitative estimate of drug-likeness (QED) is 0.747. The fraction of sp³-hybridized carbons (Fsp3) is 0.941. The molecule has 0 radical (unpaired) electrons. The van der Waals surface area contributed by atoms with E-state index in [9.17, 15) is 4.79 Å². The van der Waals surface area contributed by atoms with Crippen LogP contribution in [0.15, 0.2) is 0 Å². The second kappa shape index (κ2) is 8.74. The van der Waals surface area contributed by atoms with Gasteiger partial charge in [0.25, 0.3) is 0 Å². The molecule has 0 saturated heterocycles. The smallest absolute Gasteiger partial charge is 0.224 e. The van der Waals surface area contributed by atoms with Crippen molar-refractivity contribution in [3.05, 3.63) is 0 Å². The molecule has 4 heteroatoms. The van der Waals surface area contributed by atoms with Gasteiger partial charge in [0.05, 0.1) is 0 Å². The van der Waals surface area contributed by atoms with Crippen LogP contribution in [0.5, 0.6) is 0 Å². The lowest BCUT2D eigenvalue weighted by Gasteiger charge is -2.38. The summed E-state index contributed by atoms with van der Waals surface area (Å²) in [7, 11) is 6.15. The zero-order chi connectivity index (χ0) is 15.9. The number of nitrogens with zero attached hydrogens (tertiary/aromatic N) is 2. The summed E-state index contributed by atoms with van der Waals surface area (Å²) in [5.41, 5.74) is 0.0443. The van der Waals surface area contributed by atoms with Crippen molar-refractivity contribution in [1.82, 2.24) is 15.1 Å². The highest BCUT2D eigenvalue weighted by Gasteiger charge is 2.34. The molecule has 0 bridgehead atoms. The van der Waals surface area contributed by atoms with Crippen LogP contribution in [0.4, 0.5) is 0 Å². The summed E-state index contributed by atoms with van der Waals surface area (Å²) < 4.78 is 0. The Labute approximate surface area is 131 Å². The van der Waals surface area contributed by atoms with Crippen LogP contribution >= 0.6 is 0 Å². The normalized spacial score (nSPS) is 18.2. The highest BCUT2D eigenvalue weighted by atomic mass is 16.2. The minimum atomic E-state index is 0.0443. The fourth-order valence-corrected chi connectivity index (χ4v) is 3.22. The number of carbonyl (C=O) groups is 1. The van der Waals surface area contributed by atoms with Crippen LogP contribution in [-0.2, 0) is 4.79 Å². The van der Waals surface area contributed by atoms with Crippen molar-refractivity contribution in [3.63, 3.8) is 0 Å². The summed E-state index contributed by atoms with van der Waals surface area (Å²) >= 11 is 0. The molecule has 1 rings (SSSR count). The van der Waals surface area contributed by atoms with Crippen LogP contribution in [0, 0.1) is 5.92 Å². The second-order valence-corrected chi connectivity index (χ2v) is 7.30. The van der Waals surface area contributed by atoms with Gasteiger partial charge in [0, 0.05) is 31.6 Å². The van der Waals surface area contributed by atoms with Crippen molar-refractivity contribution in [2.75, 3.05) is 40.8 Å². The van der Waals surface area contributed by atoms with Crippen molar-refractivity contribution in [2.45, 2.75) is 57.9 Å². The molecular formula is C17H35N3O. The van der Waals surface area contributed by atoms with Gasteiger partial charge in [-0.25, -0.2) is 0 Å². The van der Waals surface area contributed by atoms with Crippen LogP contribution in [0.1, 0.15) is 52.4 Å². The first kappa shape index (κ1) is 18.4. The Bertz CT molecular complexity index is 309. The second-order valence-electron chi connectivity index (χ2n) is 7.30. The lowest BCUT2D eigenvalue weighted by Crippen LogP contribution is -2.50. The first-order valence-electron chi connectivity index (χ1n) is 8.50. The lowest BCUT2D eigenvalue weighted by molar-refractivity contribution is -0.133. The van der Waals surface area contributed by atoms with Crippen LogP contribution in [0.2, 0.25) is 0 Å². The number of amides is 1. The number of rotatable bonds is 8. The summed E-state index contributed by atoms with van der Waals surface area (Å²) in [5, 5.41) is 3.46. The van der Waals surface area contributed by atoms with E-state index in [1.807, 2.05) is 7.05 Å². The molecule has 0 aromatic rings. The van der Waals surface area contributed by atoms with Gasteiger partial charge in [-0.15, -0.1) is 0 Å². The fourth-order valence-electron chi connectivity index (χ4n) is 3.22. The number of hydrogen-bond acceptors (Lipinski definition) is 3. The average Bonchev–Trinajstić information content (AvgIpc) is 2.43. The number of hydrogen-bond donors (Lipinski definition) is 1. The third-order valence-corrected chi connectivity index (χ3v) is 4.59. The maximum Gasteiger partial charge on any atom is 0.224 e. The topological polar surface area (TPSA) is 35.6 Å². The van der Waals surface area contributed by atoms with E-state index in [2.05, 4.69) is 43.1 Å². The lowest BCUT2D eigenvalue weighted by atomic mass is 9.79. The Morgan fingerprint density at radius 1 is 1.14 bits per heavy atom. The average molecular weight is 297 g/mol. The molecule has 124 valence electrons. The maximum absolute atomic E-state index is 12.8. The highest BCUT2D eigenvalue weighted by molar-refractivity contribution is 5.77. The molecule has 0 aromatic heterocycles. The predicted octanol–water partition coefficient (Wildman–Crippen LogP) is 2.34. The van der Waals surface area contributed by atoms with Gasteiger partial charge >= 0.3 is 0 Å². The monoisotopic (exact) mass is 297 g/mol. The Balaban J connectivity index is 2.64. The molecular weight excluding hydrogens is 262 g/mol. The standard InChI is InChI=1S/C17H35N3O/c1-15(2)14-20(12-11-19(4)5)16(21)13-17(18-3)9-7-6-8-10-17/h15,18H,6-14H2,1-5H3. The molecule has 0 aliphatic heterocycles. The van der Waals surface area contributed by atoms with E-state index in [0.717, 1.165) is 32.5 Å². The third kappa shape index (κ3) is 6.35. The molecule has 1 amide bonds. The largest absolute Gasteiger partial charge is 0.341 e. The van der Waals surface area contributed by atoms with E-state index < -0.39 is 0 Å². The molecule has 0 unspecified atom stereocenters. The number of nitrogens with one attached hydrogen (secondary N) is 1. The van der Waals surface area contributed by atoms with E-state index in [-0.39, 0.29) is 5.54 Å². The van der Waals surface area contributed by atoms with Crippen molar-refractivity contribution in [1.29, 1.82) is 0 Å². The minimum Gasteiger partial charge on any atom is -0.341 e. The zero-order valence-electron chi connectivity index (χ0n) is 14.7. The molecule has 0 spiro atoms. The van der Waals surface area contributed by atoms with Gasteiger partial charge in [0.15, 0.2) is 0 Å². The summed E-state index contributed by atoms with van der Waals surface area (Å²) in [6, 6.07) is 0. The van der Waals surface area contributed by atoms with Crippen molar-refractivity contribution >= 4 is 5.91 Å². The van der Waals surface area contributed by atoms with E-state index in [4.69, 9.17) is 0 Å². The zero-order valence-corrected chi connectivity index (χ0v) is 14.7. The first-order chi connectivity index (χ1) is 9.88. The van der Waals surface area contributed by atoms with Crippen LogP contribution < -0.4 is 5.32 Å². The Hall–Kier alpha value is -0.610. The van der Waals surface area contributed by atoms with Gasteiger partial charge in [-0.1, -0.05) is 33.1 Å². The van der Waals surface area contributed by atoms with E-state index in [1.165, 1.54) is 19.3 Å². The maximum atomic E-state index is 12.8. The minimum absolute atomic E-state index is 0.0443. The first-order valence-corrected chi connectivity index (χ1v) is 8.50. The Morgan fingerprint density at radius 3 is 2.24 bits per heavy atom. The molecule has 0 atom stereocenters.